The van der Waals surface area contributed by atoms with Crippen LogP contribution in [0.5, 0.6) is 0 Å². The quantitative estimate of drug-likeness (QED) is 0.854. The molecule has 0 unspecified atom stereocenters. The Morgan fingerprint density at radius 2 is 2.12 bits per heavy atom. The molecular weight excluding hydrogens is 203 g/mol. The van der Waals surface area contributed by atoms with Gasteiger partial charge in [0.05, 0.1) is 5.52 Å². The summed E-state index contributed by atoms with van der Waals surface area (Å²) in [5, 5.41) is 3.92. The third-order valence-corrected chi connectivity index (χ3v) is 2.60. The van der Waals surface area contributed by atoms with Crippen LogP contribution < -0.4 is 5.32 Å². The predicted molar refractivity (Wildman–Crippen MR) is 65.2 cm³/mol. The molecule has 0 bridgehead atoms. The molecule has 0 aliphatic carbocycles. The molecule has 0 radical (unpaired) electrons. The second-order valence-electron chi connectivity index (χ2n) is 3.82. The van der Waals surface area contributed by atoms with Crippen molar-refractivity contribution in [3.63, 3.8) is 0 Å². The average Bonchev–Trinajstić information content (AvgIpc) is 2.29. The molecule has 1 aromatic carbocycles. The van der Waals surface area contributed by atoms with E-state index in [4.69, 9.17) is 0 Å². The van der Waals surface area contributed by atoms with Gasteiger partial charge >= 0.3 is 0 Å². The van der Waals surface area contributed by atoms with Gasteiger partial charge in [0.1, 0.15) is 5.82 Å². The second kappa shape index (κ2) is 4.47. The van der Waals surface area contributed by atoms with E-state index in [1.165, 1.54) is 12.1 Å². The van der Waals surface area contributed by atoms with Crippen LogP contribution in [0.25, 0.3) is 10.9 Å². The monoisotopic (exact) mass is 218 g/mol. The van der Waals surface area contributed by atoms with Crippen molar-refractivity contribution in [1.82, 2.24) is 4.98 Å². The molecule has 1 N–H and O–H groups in total. The van der Waals surface area contributed by atoms with Gasteiger partial charge in [-0.15, -0.1) is 0 Å². The van der Waals surface area contributed by atoms with Gasteiger partial charge in [-0.05, 0) is 30.7 Å². The van der Waals surface area contributed by atoms with Gasteiger partial charge in [-0.25, -0.2) is 4.39 Å². The molecule has 2 nitrogen and oxygen atoms in total. The topological polar surface area (TPSA) is 24.9 Å². The zero-order chi connectivity index (χ0) is 11.5. The van der Waals surface area contributed by atoms with E-state index in [1.807, 2.05) is 13.1 Å². The van der Waals surface area contributed by atoms with Crippen molar-refractivity contribution in [1.29, 1.82) is 0 Å². The first-order valence-electron chi connectivity index (χ1n) is 5.51. The normalized spacial score (nSPS) is 10.7. The zero-order valence-electron chi connectivity index (χ0n) is 9.55. The summed E-state index contributed by atoms with van der Waals surface area (Å²) in [7, 11) is 1.84. The summed E-state index contributed by atoms with van der Waals surface area (Å²) in [6.45, 7) is 2.12. The van der Waals surface area contributed by atoms with Gasteiger partial charge < -0.3 is 5.32 Å². The predicted octanol–water partition coefficient (Wildman–Crippen LogP) is 3.37. The molecule has 0 atom stereocenters. The van der Waals surface area contributed by atoms with Gasteiger partial charge in [-0.3, -0.25) is 4.98 Å². The van der Waals surface area contributed by atoms with Crippen LogP contribution in [-0.4, -0.2) is 12.0 Å². The van der Waals surface area contributed by atoms with Crippen molar-refractivity contribution in [3.8, 4) is 0 Å². The maximum absolute atomic E-state index is 13.1. The number of anilines is 1. The van der Waals surface area contributed by atoms with Crippen molar-refractivity contribution in [2.75, 3.05) is 12.4 Å². The number of halogens is 1. The Morgan fingerprint density at radius 3 is 2.81 bits per heavy atom. The molecule has 1 heterocycles. The largest absolute Gasteiger partial charge is 0.388 e. The summed E-state index contributed by atoms with van der Waals surface area (Å²) in [5.74, 6) is -0.228. The number of rotatable bonds is 3. The van der Waals surface area contributed by atoms with E-state index >= 15 is 0 Å². The van der Waals surface area contributed by atoms with Crippen LogP contribution in [0, 0.1) is 5.82 Å². The number of aromatic nitrogens is 1. The Kier molecular flexibility index (Phi) is 3.04. The first kappa shape index (κ1) is 10.9. The number of hydrogen-bond acceptors (Lipinski definition) is 2. The SMILES string of the molecule is CCCc1cc(NC)c2cc(F)ccc2n1. The Hall–Kier alpha value is -1.64. The molecule has 2 aromatic rings. The molecule has 1 aromatic heterocycles. The van der Waals surface area contributed by atoms with Crippen molar-refractivity contribution < 1.29 is 4.39 Å². The van der Waals surface area contributed by atoms with E-state index in [0.29, 0.717) is 0 Å². The molecule has 0 amide bonds. The van der Waals surface area contributed by atoms with E-state index in [1.54, 1.807) is 6.07 Å². The van der Waals surface area contributed by atoms with E-state index in [2.05, 4.69) is 17.2 Å². The second-order valence-corrected chi connectivity index (χ2v) is 3.82. The first-order chi connectivity index (χ1) is 7.74. The number of nitrogens with zero attached hydrogens (tertiary/aromatic N) is 1. The molecule has 16 heavy (non-hydrogen) atoms. The lowest BCUT2D eigenvalue weighted by Crippen LogP contribution is -1.96. The third-order valence-electron chi connectivity index (χ3n) is 2.60. The van der Waals surface area contributed by atoms with Crippen LogP contribution in [0.3, 0.4) is 0 Å². The number of hydrogen-bond donors (Lipinski definition) is 1. The molecule has 3 heteroatoms. The van der Waals surface area contributed by atoms with Crippen molar-refractivity contribution >= 4 is 16.6 Å². The number of aryl methyl sites for hydroxylation is 1. The summed E-state index contributed by atoms with van der Waals surface area (Å²) in [6.07, 6.45) is 2.00. The minimum Gasteiger partial charge on any atom is -0.388 e. The standard InChI is InChI=1S/C13H15FN2/c1-3-4-10-8-13(15-2)11-7-9(14)5-6-12(11)16-10/h5-8H,3-4H2,1-2H3,(H,15,16). The van der Waals surface area contributed by atoms with Gasteiger partial charge in [0.15, 0.2) is 0 Å². The maximum atomic E-state index is 13.1. The molecule has 0 aliphatic rings. The fraction of sp³-hybridized carbons (Fsp3) is 0.308. The van der Waals surface area contributed by atoms with Crippen LogP contribution in [0.1, 0.15) is 19.0 Å². The van der Waals surface area contributed by atoms with Gasteiger partial charge in [-0.1, -0.05) is 13.3 Å². The summed E-state index contributed by atoms with van der Waals surface area (Å²) < 4.78 is 13.1. The lowest BCUT2D eigenvalue weighted by molar-refractivity contribution is 0.629. The molecule has 0 aliphatic heterocycles. The van der Waals surface area contributed by atoms with Gasteiger partial charge in [0.2, 0.25) is 0 Å². The Morgan fingerprint density at radius 1 is 1.31 bits per heavy atom. The van der Waals surface area contributed by atoms with Gasteiger partial charge in [0, 0.05) is 23.8 Å². The van der Waals surface area contributed by atoms with Crippen LogP contribution in [0.4, 0.5) is 10.1 Å². The molecule has 0 fully saturated rings. The van der Waals surface area contributed by atoms with E-state index in [0.717, 1.165) is 35.1 Å². The zero-order valence-corrected chi connectivity index (χ0v) is 9.55. The highest BCUT2D eigenvalue weighted by Gasteiger charge is 2.05. The minimum atomic E-state index is -0.228. The summed E-state index contributed by atoms with van der Waals surface area (Å²) >= 11 is 0. The Labute approximate surface area is 94.5 Å². The summed E-state index contributed by atoms with van der Waals surface area (Å²) in [5.41, 5.74) is 2.83. The average molecular weight is 218 g/mol. The number of benzene rings is 1. The summed E-state index contributed by atoms with van der Waals surface area (Å²) in [4.78, 5) is 4.51. The Bertz CT molecular complexity index is 509. The lowest BCUT2D eigenvalue weighted by atomic mass is 10.1. The molecule has 0 saturated carbocycles. The fourth-order valence-corrected chi connectivity index (χ4v) is 1.84. The lowest BCUT2D eigenvalue weighted by Gasteiger charge is -2.08. The van der Waals surface area contributed by atoms with Crippen LogP contribution >= 0.6 is 0 Å². The highest BCUT2D eigenvalue weighted by molar-refractivity contribution is 5.91. The van der Waals surface area contributed by atoms with Crippen molar-refractivity contribution in [2.24, 2.45) is 0 Å². The van der Waals surface area contributed by atoms with E-state index < -0.39 is 0 Å². The maximum Gasteiger partial charge on any atom is 0.124 e. The third kappa shape index (κ3) is 1.98. The fourth-order valence-electron chi connectivity index (χ4n) is 1.84. The number of pyridine rings is 1. The van der Waals surface area contributed by atoms with Crippen molar-refractivity contribution in [2.45, 2.75) is 19.8 Å². The van der Waals surface area contributed by atoms with Crippen LogP contribution in [-0.2, 0) is 6.42 Å². The Balaban J connectivity index is 2.63. The highest BCUT2D eigenvalue weighted by atomic mass is 19.1. The van der Waals surface area contributed by atoms with Crippen molar-refractivity contribution in [3.05, 3.63) is 35.8 Å². The molecule has 0 saturated heterocycles. The minimum absolute atomic E-state index is 0.228. The molecular formula is C13H15FN2. The molecule has 0 spiro atoms. The van der Waals surface area contributed by atoms with Crippen LogP contribution in [0.2, 0.25) is 0 Å². The highest BCUT2D eigenvalue weighted by Crippen LogP contribution is 2.24. The number of nitrogens with one attached hydrogen (secondary N) is 1. The molecule has 2 rings (SSSR count). The summed E-state index contributed by atoms with van der Waals surface area (Å²) in [6, 6.07) is 6.68. The number of fused-ring (bicyclic) bond motifs is 1. The van der Waals surface area contributed by atoms with Crippen LogP contribution in [0.15, 0.2) is 24.3 Å². The van der Waals surface area contributed by atoms with Gasteiger partial charge in [-0.2, -0.15) is 0 Å². The smallest absolute Gasteiger partial charge is 0.124 e. The van der Waals surface area contributed by atoms with Gasteiger partial charge in [0.25, 0.3) is 0 Å². The van der Waals surface area contributed by atoms with E-state index in [-0.39, 0.29) is 5.82 Å². The first-order valence-corrected chi connectivity index (χ1v) is 5.51. The molecule has 84 valence electrons. The van der Waals surface area contributed by atoms with E-state index in [9.17, 15) is 4.39 Å².